The van der Waals surface area contributed by atoms with Gasteiger partial charge in [-0.25, -0.2) is 0 Å². The number of nitrogens with one attached hydrogen (secondary N) is 1. The molecular weight excluding hydrogens is 607 g/mol. The Labute approximate surface area is 269 Å². The molecule has 0 unspecified atom stereocenters. The third kappa shape index (κ3) is 3.99. The molecule has 0 saturated carbocycles. The van der Waals surface area contributed by atoms with Crippen molar-refractivity contribution in [3.63, 3.8) is 0 Å². The molecule has 5 aromatic carbocycles. The fraction of sp³-hybridized carbons (Fsp3) is 0.162. The molecule has 3 aliphatic carbocycles. The standard InChI is InChI=1S/C37H26Cl2N2O4/c38-36-26-11-3-4-12-27(26)37(39,29-14-6-5-13-28(29)36)33-32(36)34(43)41(35(33)44)21-20-31(42)40-23-16-18-24(19-17-23)45-30-15-7-9-22-8-1-2-10-25(22)30/h1-19,32-33H,20-21H2,(H,40,42)/t32-,33+,36?,37?. The maximum atomic E-state index is 14.0. The van der Waals surface area contributed by atoms with E-state index in [0.717, 1.165) is 38.8 Å². The zero-order chi connectivity index (χ0) is 30.9. The van der Waals surface area contributed by atoms with Crippen molar-refractivity contribution in [3.05, 3.63) is 138 Å². The minimum Gasteiger partial charge on any atom is -0.457 e. The lowest BCUT2D eigenvalue weighted by atomic mass is 9.54. The molecule has 8 heteroatoms. The number of likely N-dealkylation sites (tertiary alicyclic amines) is 1. The molecular formula is C37H26Cl2N2O4. The number of nitrogens with zero attached hydrogens (tertiary/aromatic N) is 1. The van der Waals surface area contributed by atoms with Gasteiger partial charge in [-0.15, -0.1) is 23.2 Å². The van der Waals surface area contributed by atoms with Gasteiger partial charge in [-0.1, -0.05) is 84.9 Å². The van der Waals surface area contributed by atoms with Crippen LogP contribution in [0, 0.1) is 11.8 Å². The number of fused-ring (bicyclic) bond motifs is 1. The summed E-state index contributed by atoms with van der Waals surface area (Å²) in [5, 5.41) is 4.94. The molecule has 2 atom stereocenters. The van der Waals surface area contributed by atoms with Crippen LogP contribution < -0.4 is 10.1 Å². The van der Waals surface area contributed by atoms with Crippen LogP contribution in [0.2, 0.25) is 0 Å². The summed E-state index contributed by atoms with van der Waals surface area (Å²) in [4.78, 5) is 39.6. The Morgan fingerprint density at radius 2 is 1.20 bits per heavy atom. The summed E-state index contributed by atoms with van der Waals surface area (Å²) >= 11 is 14.9. The second-order valence-corrected chi connectivity index (χ2v) is 12.9. The molecule has 4 aliphatic rings. The highest BCUT2D eigenvalue weighted by atomic mass is 35.5. The highest BCUT2D eigenvalue weighted by Crippen LogP contribution is 2.69. The summed E-state index contributed by atoms with van der Waals surface area (Å²) in [5.41, 5.74) is 3.55. The van der Waals surface area contributed by atoms with Crippen molar-refractivity contribution in [2.45, 2.75) is 16.2 Å². The predicted octanol–water partition coefficient (Wildman–Crippen LogP) is 7.55. The van der Waals surface area contributed by atoms with Gasteiger partial charge in [0.05, 0.1) is 11.8 Å². The monoisotopic (exact) mass is 632 g/mol. The summed E-state index contributed by atoms with van der Waals surface area (Å²) in [7, 11) is 0. The Morgan fingerprint density at radius 1 is 0.689 bits per heavy atom. The highest BCUT2D eigenvalue weighted by molar-refractivity contribution is 6.36. The Hall–Kier alpha value is -4.65. The Morgan fingerprint density at radius 3 is 1.78 bits per heavy atom. The van der Waals surface area contributed by atoms with Gasteiger partial charge in [0.15, 0.2) is 0 Å². The van der Waals surface area contributed by atoms with Crippen molar-refractivity contribution in [2.75, 3.05) is 11.9 Å². The highest BCUT2D eigenvalue weighted by Gasteiger charge is 2.72. The quantitative estimate of drug-likeness (QED) is 0.155. The fourth-order valence-electron chi connectivity index (χ4n) is 7.40. The van der Waals surface area contributed by atoms with Gasteiger partial charge in [0.1, 0.15) is 21.2 Å². The van der Waals surface area contributed by atoms with Crippen LogP contribution in [-0.4, -0.2) is 29.2 Å². The van der Waals surface area contributed by atoms with E-state index in [0.29, 0.717) is 11.4 Å². The smallest absolute Gasteiger partial charge is 0.235 e. The van der Waals surface area contributed by atoms with E-state index in [1.807, 2.05) is 91.0 Å². The third-order valence-corrected chi connectivity index (χ3v) is 10.6. The number of anilines is 1. The summed E-state index contributed by atoms with van der Waals surface area (Å²) in [6.07, 6.45) is -0.0738. The van der Waals surface area contributed by atoms with Gasteiger partial charge in [0, 0.05) is 24.0 Å². The van der Waals surface area contributed by atoms with Crippen LogP contribution in [0.4, 0.5) is 5.69 Å². The molecule has 6 nitrogen and oxygen atoms in total. The fourth-order valence-corrected chi connectivity index (χ4v) is 8.50. The van der Waals surface area contributed by atoms with Gasteiger partial charge in [-0.05, 0) is 58.0 Å². The van der Waals surface area contributed by atoms with E-state index in [4.69, 9.17) is 27.9 Å². The van der Waals surface area contributed by atoms with Crippen LogP contribution in [-0.2, 0) is 24.1 Å². The van der Waals surface area contributed by atoms with E-state index in [2.05, 4.69) is 5.32 Å². The van der Waals surface area contributed by atoms with Crippen molar-refractivity contribution in [3.8, 4) is 11.5 Å². The first-order valence-corrected chi connectivity index (χ1v) is 15.6. The number of halogens is 2. The molecule has 1 heterocycles. The molecule has 2 bridgehead atoms. The molecule has 1 fully saturated rings. The van der Waals surface area contributed by atoms with Gasteiger partial charge in [-0.2, -0.15) is 0 Å². The first-order valence-electron chi connectivity index (χ1n) is 14.8. The maximum absolute atomic E-state index is 14.0. The van der Waals surface area contributed by atoms with Crippen molar-refractivity contribution in [1.82, 2.24) is 4.90 Å². The zero-order valence-corrected chi connectivity index (χ0v) is 25.4. The van der Waals surface area contributed by atoms with Gasteiger partial charge in [0.25, 0.3) is 0 Å². The number of hydrogen-bond acceptors (Lipinski definition) is 4. The topological polar surface area (TPSA) is 75.7 Å². The Bertz CT molecular complexity index is 1920. The molecule has 9 rings (SSSR count). The first-order chi connectivity index (χ1) is 21.8. The van der Waals surface area contributed by atoms with Gasteiger partial charge < -0.3 is 10.1 Å². The van der Waals surface area contributed by atoms with Crippen molar-refractivity contribution in [1.29, 1.82) is 0 Å². The van der Waals surface area contributed by atoms with Crippen molar-refractivity contribution in [2.24, 2.45) is 11.8 Å². The number of benzene rings is 5. The number of rotatable bonds is 6. The lowest BCUT2D eigenvalue weighted by Crippen LogP contribution is -2.57. The number of alkyl halides is 2. The Balaban J connectivity index is 0.986. The predicted molar refractivity (Wildman–Crippen MR) is 174 cm³/mol. The molecule has 45 heavy (non-hydrogen) atoms. The molecule has 0 aromatic heterocycles. The average Bonchev–Trinajstić information content (AvgIpc) is 3.33. The van der Waals surface area contributed by atoms with E-state index < -0.39 is 33.4 Å². The second-order valence-electron chi connectivity index (χ2n) is 11.7. The minimum absolute atomic E-state index is 0.0738. The number of carbonyl (C=O) groups excluding carboxylic acids is 3. The summed E-state index contributed by atoms with van der Waals surface area (Å²) in [5.74, 6) is -1.54. The molecule has 1 N–H and O–H groups in total. The lowest BCUT2D eigenvalue weighted by molar-refractivity contribution is -0.140. The number of ether oxygens (including phenoxy) is 1. The molecule has 1 saturated heterocycles. The second kappa shape index (κ2) is 10.2. The van der Waals surface area contributed by atoms with Gasteiger partial charge >= 0.3 is 0 Å². The van der Waals surface area contributed by atoms with Crippen molar-refractivity contribution >= 4 is 57.4 Å². The van der Waals surface area contributed by atoms with Crippen LogP contribution in [0.25, 0.3) is 10.8 Å². The zero-order valence-electron chi connectivity index (χ0n) is 23.9. The van der Waals surface area contributed by atoms with E-state index >= 15 is 0 Å². The SMILES string of the molecule is O=C(CCN1C(=O)[C@@H]2[C@H](C1=O)C1(Cl)c3ccccc3C2(Cl)c2ccccc21)Nc1ccc(Oc2cccc3ccccc23)cc1. The van der Waals surface area contributed by atoms with E-state index in [1.54, 1.807) is 24.3 Å². The maximum Gasteiger partial charge on any atom is 0.235 e. The third-order valence-electron chi connectivity index (χ3n) is 9.35. The first kappa shape index (κ1) is 27.9. The molecule has 3 amide bonds. The number of carbonyl (C=O) groups is 3. The summed E-state index contributed by atoms with van der Waals surface area (Å²) < 4.78 is 6.11. The summed E-state index contributed by atoms with van der Waals surface area (Å²) in [6.45, 7) is -0.0780. The molecule has 222 valence electrons. The number of amides is 3. The van der Waals surface area contributed by atoms with Crippen LogP contribution >= 0.6 is 23.2 Å². The minimum atomic E-state index is -1.24. The van der Waals surface area contributed by atoms with E-state index in [1.165, 1.54) is 4.90 Å². The van der Waals surface area contributed by atoms with Crippen molar-refractivity contribution < 1.29 is 19.1 Å². The normalized spacial score (nSPS) is 24.3. The van der Waals surface area contributed by atoms with E-state index in [-0.39, 0.29) is 18.9 Å². The van der Waals surface area contributed by atoms with Crippen LogP contribution in [0.3, 0.4) is 0 Å². The number of imide groups is 1. The van der Waals surface area contributed by atoms with E-state index in [9.17, 15) is 14.4 Å². The largest absolute Gasteiger partial charge is 0.457 e. The van der Waals surface area contributed by atoms with Crippen LogP contribution in [0.5, 0.6) is 11.5 Å². The Kier molecular flexibility index (Phi) is 6.31. The van der Waals surface area contributed by atoms with Gasteiger partial charge in [-0.3, -0.25) is 19.3 Å². The van der Waals surface area contributed by atoms with Gasteiger partial charge in [0.2, 0.25) is 17.7 Å². The average molecular weight is 634 g/mol. The van der Waals surface area contributed by atoms with Crippen LogP contribution in [0.1, 0.15) is 28.7 Å². The molecule has 0 radical (unpaired) electrons. The number of hydrogen-bond donors (Lipinski definition) is 1. The lowest BCUT2D eigenvalue weighted by Gasteiger charge is -2.54. The molecule has 1 aliphatic heterocycles. The molecule has 0 spiro atoms. The van der Waals surface area contributed by atoms with Crippen LogP contribution in [0.15, 0.2) is 115 Å². The summed E-state index contributed by atoms with van der Waals surface area (Å²) in [6, 6.07) is 35.9. The molecule has 5 aromatic rings.